The molecule has 3 rings (SSSR count). The van der Waals surface area contributed by atoms with E-state index in [9.17, 15) is 0 Å². The largest absolute Gasteiger partial charge is 0.328 e. The van der Waals surface area contributed by atoms with E-state index in [1.165, 1.54) is 16.9 Å². The Balaban J connectivity index is 2.06. The zero-order valence-electron chi connectivity index (χ0n) is 11.0. The summed E-state index contributed by atoms with van der Waals surface area (Å²) < 4.78 is 0.902. The Hall–Kier alpha value is -1.50. The first kappa shape index (κ1) is 13.5. The summed E-state index contributed by atoms with van der Waals surface area (Å²) in [5.41, 5.74) is 9.84. The molecule has 0 aliphatic heterocycles. The van der Waals surface area contributed by atoms with Gasteiger partial charge in [-0.1, -0.05) is 29.5 Å². The van der Waals surface area contributed by atoms with Crippen LogP contribution in [0.1, 0.15) is 12.5 Å². The number of rotatable bonds is 4. The number of nitrogens with two attached hydrogens (primary N) is 1. The van der Waals surface area contributed by atoms with E-state index >= 15 is 0 Å². The normalized spacial score (nSPS) is 12.7. The molecular formula is C14H14N4S2. The van der Waals surface area contributed by atoms with Crippen molar-refractivity contribution in [3.63, 3.8) is 0 Å². The van der Waals surface area contributed by atoms with Gasteiger partial charge in [-0.05, 0) is 42.8 Å². The van der Waals surface area contributed by atoms with Crippen molar-refractivity contribution in [3.8, 4) is 0 Å². The highest BCUT2D eigenvalue weighted by atomic mass is 32.2. The van der Waals surface area contributed by atoms with Gasteiger partial charge in [0.25, 0.3) is 0 Å². The molecule has 0 spiro atoms. The van der Waals surface area contributed by atoms with Crippen LogP contribution in [0.25, 0.3) is 10.9 Å². The maximum Gasteiger partial charge on any atom is 0.180 e. The maximum atomic E-state index is 5.95. The number of aromatic nitrogens is 3. The minimum Gasteiger partial charge on any atom is -0.328 e. The fourth-order valence-electron chi connectivity index (χ4n) is 2.01. The van der Waals surface area contributed by atoms with Gasteiger partial charge in [0.05, 0.1) is 5.52 Å². The minimum absolute atomic E-state index is 0.103. The summed E-state index contributed by atoms with van der Waals surface area (Å²) in [4.78, 5) is 4.75. The molecule has 2 aromatic heterocycles. The predicted molar refractivity (Wildman–Crippen MR) is 83.1 cm³/mol. The van der Waals surface area contributed by atoms with Gasteiger partial charge in [-0.2, -0.15) is 0 Å². The van der Waals surface area contributed by atoms with E-state index in [-0.39, 0.29) is 6.04 Å². The molecule has 6 heteroatoms. The third kappa shape index (κ3) is 2.98. The molecule has 2 heterocycles. The van der Waals surface area contributed by atoms with Gasteiger partial charge in [-0.15, -0.1) is 10.2 Å². The molecule has 4 nitrogen and oxygen atoms in total. The van der Waals surface area contributed by atoms with Crippen LogP contribution >= 0.6 is 23.1 Å². The minimum atomic E-state index is 0.103. The summed E-state index contributed by atoms with van der Waals surface area (Å²) in [6.07, 6.45) is 0.805. The van der Waals surface area contributed by atoms with Crippen LogP contribution in [-0.2, 0) is 6.42 Å². The van der Waals surface area contributed by atoms with Gasteiger partial charge in [0.15, 0.2) is 4.34 Å². The lowest BCUT2D eigenvalue weighted by atomic mass is 10.1. The topological polar surface area (TPSA) is 64.7 Å². The van der Waals surface area contributed by atoms with E-state index in [2.05, 4.69) is 22.3 Å². The first-order valence-corrected chi connectivity index (χ1v) is 8.00. The molecule has 0 fully saturated rings. The molecule has 0 saturated carbocycles. The van der Waals surface area contributed by atoms with Gasteiger partial charge < -0.3 is 5.73 Å². The van der Waals surface area contributed by atoms with Crippen molar-refractivity contribution in [3.05, 3.63) is 41.4 Å². The number of para-hydroxylation sites is 1. The number of nitrogens with zero attached hydrogens (tertiary/aromatic N) is 3. The first-order chi connectivity index (χ1) is 9.72. The molecule has 102 valence electrons. The Labute approximate surface area is 125 Å². The van der Waals surface area contributed by atoms with E-state index in [0.29, 0.717) is 0 Å². The lowest BCUT2D eigenvalue weighted by molar-refractivity contribution is 0.724. The zero-order chi connectivity index (χ0) is 13.9. The van der Waals surface area contributed by atoms with Crippen LogP contribution in [0.2, 0.25) is 0 Å². The summed E-state index contributed by atoms with van der Waals surface area (Å²) in [5.74, 6) is 0. The van der Waals surface area contributed by atoms with E-state index in [1.807, 2.05) is 25.1 Å². The van der Waals surface area contributed by atoms with Crippen LogP contribution in [0.15, 0.2) is 45.2 Å². The average Bonchev–Trinajstić information content (AvgIpc) is 2.92. The second kappa shape index (κ2) is 5.87. The Morgan fingerprint density at radius 3 is 2.95 bits per heavy atom. The monoisotopic (exact) mass is 302 g/mol. The summed E-state index contributed by atoms with van der Waals surface area (Å²) >= 11 is 3.08. The van der Waals surface area contributed by atoms with Crippen LogP contribution in [0, 0.1) is 0 Å². The molecule has 20 heavy (non-hydrogen) atoms. The van der Waals surface area contributed by atoms with Crippen molar-refractivity contribution in [2.45, 2.75) is 28.8 Å². The Morgan fingerprint density at radius 2 is 2.20 bits per heavy atom. The lowest BCUT2D eigenvalue weighted by Gasteiger charge is -2.11. The lowest BCUT2D eigenvalue weighted by Crippen LogP contribution is -2.18. The summed E-state index contributed by atoms with van der Waals surface area (Å²) in [6.45, 7) is 2.01. The van der Waals surface area contributed by atoms with Gasteiger partial charge in [0.2, 0.25) is 0 Å². The van der Waals surface area contributed by atoms with Crippen molar-refractivity contribution in [2.75, 3.05) is 0 Å². The second-order valence-electron chi connectivity index (χ2n) is 4.63. The maximum absolute atomic E-state index is 5.95. The zero-order valence-corrected chi connectivity index (χ0v) is 12.6. The van der Waals surface area contributed by atoms with Gasteiger partial charge in [-0.25, -0.2) is 4.98 Å². The van der Waals surface area contributed by atoms with Crippen molar-refractivity contribution in [1.29, 1.82) is 0 Å². The highest BCUT2D eigenvalue weighted by Crippen LogP contribution is 2.32. The van der Waals surface area contributed by atoms with Gasteiger partial charge in [0, 0.05) is 11.4 Å². The van der Waals surface area contributed by atoms with Crippen LogP contribution in [0.4, 0.5) is 0 Å². The molecule has 1 aromatic carbocycles. The number of benzene rings is 1. The van der Waals surface area contributed by atoms with Crippen LogP contribution < -0.4 is 5.73 Å². The van der Waals surface area contributed by atoms with Crippen molar-refractivity contribution >= 4 is 34.0 Å². The average molecular weight is 302 g/mol. The molecule has 1 unspecified atom stereocenters. The summed E-state index contributed by atoms with van der Waals surface area (Å²) in [5, 5.41) is 10.1. The molecule has 0 radical (unpaired) electrons. The predicted octanol–water partition coefficient (Wildman–Crippen LogP) is 3.13. The number of fused-ring (bicyclic) bond motifs is 1. The summed E-state index contributed by atoms with van der Waals surface area (Å²) in [7, 11) is 0. The molecular weight excluding hydrogens is 288 g/mol. The fraction of sp³-hybridized carbons (Fsp3) is 0.214. The first-order valence-electron chi connectivity index (χ1n) is 6.30. The van der Waals surface area contributed by atoms with E-state index in [0.717, 1.165) is 26.7 Å². The smallest absolute Gasteiger partial charge is 0.180 e. The Kier molecular flexibility index (Phi) is 3.95. The van der Waals surface area contributed by atoms with E-state index < -0.39 is 0 Å². The molecule has 0 saturated heterocycles. The van der Waals surface area contributed by atoms with E-state index in [4.69, 9.17) is 10.7 Å². The van der Waals surface area contributed by atoms with E-state index in [1.54, 1.807) is 17.3 Å². The number of hydrogen-bond donors (Lipinski definition) is 1. The third-order valence-electron chi connectivity index (χ3n) is 2.83. The summed E-state index contributed by atoms with van der Waals surface area (Å²) in [6, 6.07) is 10.4. The Bertz CT molecular complexity index is 710. The molecule has 3 aromatic rings. The molecule has 1 atom stereocenters. The third-order valence-corrected chi connectivity index (χ3v) is 4.65. The number of pyridine rings is 1. The van der Waals surface area contributed by atoms with Crippen molar-refractivity contribution < 1.29 is 0 Å². The highest BCUT2D eigenvalue weighted by Gasteiger charge is 2.12. The second-order valence-corrected chi connectivity index (χ2v) is 6.70. The van der Waals surface area contributed by atoms with Crippen LogP contribution in [0.3, 0.4) is 0 Å². The standard InChI is InChI=1S/C14H14N4S2/c1-9(15)6-11-7-10-4-2-3-5-12(10)17-13(11)20-14-18-16-8-19-14/h2-5,7-9H,6,15H2,1H3. The molecule has 0 aliphatic carbocycles. The molecule has 0 amide bonds. The van der Waals surface area contributed by atoms with Crippen molar-refractivity contribution in [1.82, 2.24) is 15.2 Å². The molecule has 0 aliphatic rings. The number of hydrogen-bond acceptors (Lipinski definition) is 6. The van der Waals surface area contributed by atoms with Crippen molar-refractivity contribution in [2.24, 2.45) is 5.73 Å². The molecule has 2 N–H and O–H groups in total. The molecule has 0 bridgehead atoms. The van der Waals surface area contributed by atoms with Gasteiger partial charge in [0.1, 0.15) is 10.5 Å². The van der Waals surface area contributed by atoms with Gasteiger partial charge >= 0.3 is 0 Å². The van der Waals surface area contributed by atoms with Gasteiger partial charge in [-0.3, -0.25) is 0 Å². The quantitative estimate of drug-likeness (QED) is 0.802. The fourth-order valence-corrected chi connectivity index (χ4v) is 3.52. The van der Waals surface area contributed by atoms with Crippen LogP contribution in [-0.4, -0.2) is 21.2 Å². The van der Waals surface area contributed by atoms with Crippen LogP contribution in [0.5, 0.6) is 0 Å². The highest BCUT2D eigenvalue weighted by molar-refractivity contribution is 8.01. The SMILES string of the molecule is CC(N)Cc1cc2ccccc2nc1Sc1nncs1. The Morgan fingerprint density at radius 1 is 1.35 bits per heavy atom.